The first-order chi connectivity index (χ1) is 5.38. The molecule has 0 aliphatic rings. The highest BCUT2D eigenvalue weighted by atomic mass is 16.9. The van der Waals surface area contributed by atoms with E-state index in [0.29, 0.717) is 5.82 Å². The van der Waals surface area contributed by atoms with E-state index < -0.39 is 0 Å². The summed E-state index contributed by atoms with van der Waals surface area (Å²) in [6, 6.07) is 1.67. The fourth-order valence-corrected chi connectivity index (χ4v) is 0.653. The molecule has 0 bridgehead atoms. The Labute approximate surface area is 64.5 Å². The van der Waals surface area contributed by atoms with Crippen molar-refractivity contribution in [3.63, 3.8) is 0 Å². The zero-order valence-electron chi connectivity index (χ0n) is 6.39. The summed E-state index contributed by atoms with van der Waals surface area (Å²) in [5.74, 6) is 0.560. The highest BCUT2D eigenvalue weighted by Gasteiger charge is 2.02. The van der Waals surface area contributed by atoms with E-state index in [2.05, 4.69) is 9.97 Å². The van der Waals surface area contributed by atoms with Gasteiger partial charge in [-0.2, -0.15) is 0 Å². The van der Waals surface area contributed by atoms with Crippen molar-refractivity contribution in [2.24, 2.45) is 0 Å². The predicted molar refractivity (Wildman–Crippen MR) is 38.5 cm³/mol. The summed E-state index contributed by atoms with van der Waals surface area (Å²) in [4.78, 5) is 17.2. The van der Waals surface area contributed by atoms with Gasteiger partial charge in [0.25, 0.3) is 0 Å². The minimum atomic E-state index is 0.560. The molecule has 0 saturated carbocycles. The van der Waals surface area contributed by atoms with Gasteiger partial charge in [-0.3, -0.25) is 9.68 Å². The largest absolute Gasteiger partial charge is 0.251 e. The van der Waals surface area contributed by atoms with Crippen LogP contribution in [0, 0.1) is 0 Å². The third kappa shape index (κ3) is 1.86. The fourth-order valence-electron chi connectivity index (χ4n) is 0.653. The summed E-state index contributed by atoms with van der Waals surface area (Å²) < 4.78 is 0. The third-order valence-electron chi connectivity index (χ3n) is 1.09. The van der Waals surface area contributed by atoms with Gasteiger partial charge in [0, 0.05) is 12.3 Å². The minimum Gasteiger partial charge on any atom is -0.251 e. The number of nitrogens with zero attached hydrogens (tertiary/aromatic N) is 3. The Kier molecular flexibility index (Phi) is 2.76. The standard InChI is InChI=1S/C6H9N3O2/c1-10-9(11-2)6-3-4-7-5-8-6/h3-5H,1-2H3. The van der Waals surface area contributed by atoms with Crippen molar-refractivity contribution in [1.29, 1.82) is 0 Å². The lowest BCUT2D eigenvalue weighted by molar-refractivity contribution is -0.0452. The van der Waals surface area contributed by atoms with Gasteiger partial charge in [-0.1, -0.05) is 0 Å². The van der Waals surface area contributed by atoms with Crippen LogP contribution in [0.3, 0.4) is 0 Å². The number of aromatic nitrogens is 2. The minimum absolute atomic E-state index is 0.560. The van der Waals surface area contributed by atoms with Crippen LogP contribution in [0.4, 0.5) is 5.82 Å². The highest BCUT2D eigenvalue weighted by molar-refractivity contribution is 5.29. The Balaban J connectivity index is 2.74. The van der Waals surface area contributed by atoms with Crippen molar-refractivity contribution >= 4 is 5.82 Å². The van der Waals surface area contributed by atoms with Crippen LogP contribution in [0.15, 0.2) is 18.6 Å². The van der Waals surface area contributed by atoms with Gasteiger partial charge in [0.2, 0.25) is 0 Å². The topological polar surface area (TPSA) is 47.5 Å². The van der Waals surface area contributed by atoms with E-state index in [9.17, 15) is 0 Å². The van der Waals surface area contributed by atoms with Crippen LogP contribution < -0.4 is 5.23 Å². The van der Waals surface area contributed by atoms with Crippen molar-refractivity contribution in [2.45, 2.75) is 0 Å². The van der Waals surface area contributed by atoms with Crippen LogP contribution in [-0.2, 0) is 9.68 Å². The molecular weight excluding hydrogens is 146 g/mol. The van der Waals surface area contributed by atoms with E-state index in [1.807, 2.05) is 0 Å². The van der Waals surface area contributed by atoms with Gasteiger partial charge in [-0.25, -0.2) is 9.97 Å². The van der Waals surface area contributed by atoms with Crippen molar-refractivity contribution in [1.82, 2.24) is 9.97 Å². The average Bonchev–Trinajstić information content (AvgIpc) is 2.09. The van der Waals surface area contributed by atoms with E-state index in [1.54, 1.807) is 12.3 Å². The van der Waals surface area contributed by atoms with E-state index in [-0.39, 0.29) is 0 Å². The summed E-state index contributed by atoms with van der Waals surface area (Å²) in [5.41, 5.74) is 0. The van der Waals surface area contributed by atoms with E-state index in [1.165, 1.54) is 25.8 Å². The maximum absolute atomic E-state index is 4.81. The van der Waals surface area contributed by atoms with Crippen molar-refractivity contribution in [3.8, 4) is 0 Å². The lowest BCUT2D eigenvalue weighted by Gasteiger charge is -2.15. The van der Waals surface area contributed by atoms with Crippen LogP contribution in [0.25, 0.3) is 0 Å². The molecule has 0 amide bonds. The van der Waals surface area contributed by atoms with E-state index in [0.717, 1.165) is 0 Å². The molecule has 0 aromatic carbocycles. The smallest absolute Gasteiger partial charge is 0.186 e. The van der Waals surface area contributed by atoms with Gasteiger partial charge < -0.3 is 0 Å². The van der Waals surface area contributed by atoms with Crippen LogP contribution in [-0.4, -0.2) is 24.2 Å². The number of hydrogen-bond donors (Lipinski definition) is 0. The zero-order chi connectivity index (χ0) is 8.10. The maximum atomic E-state index is 4.81. The molecule has 11 heavy (non-hydrogen) atoms. The Bertz CT molecular complexity index is 200. The van der Waals surface area contributed by atoms with Crippen molar-refractivity contribution < 1.29 is 9.68 Å². The number of rotatable bonds is 3. The van der Waals surface area contributed by atoms with Gasteiger partial charge in [0.15, 0.2) is 5.82 Å². The number of hydrogen-bond acceptors (Lipinski definition) is 5. The second kappa shape index (κ2) is 3.85. The number of anilines is 1. The molecule has 60 valence electrons. The summed E-state index contributed by atoms with van der Waals surface area (Å²) in [5, 5.41) is 1.18. The normalized spacial score (nSPS) is 9.64. The Morgan fingerprint density at radius 2 is 2.09 bits per heavy atom. The average molecular weight is 155 g/mol. The molecule has 1 aromatic heterocycles. The fraction of sp³-hybridized carbons (Fsp3) is 0.333. The summed E-state index contributed by atoms with van der Waals surface area (Å²) in [6.45, 7) is 0. The first-order valence-electron chi connectivity index (χ1n) is 3.03. The molecule has 5 heteroatoms. The van der Waals surface area contributed by atoms with Crippen molar-refractivity contribution in [3.05, 3.63) is 18.6 Å². The van der Waals surface area contributed by atoms with Gasteiger partial charge in [-0.05, 0) is 0 Å². The molecule has 0 atom stereocenters. The summed E-state index contributed by atoms with van der Waals surface area (Å²) >= 11 is 0. The Hall–Kier alpha value is -1.20. The quantitative estimate of drug-likeness (QED) is 0.591. The van der Waals surface area contributed by atoms with Crippen molar-refractivity contribution in [2.75, 3.05) is 19.4 Å². The third-order valence-corrected chi connectivity index (χ3v) is 1.09. The highest BCUT2D eigenvalue weighted by Crippen LogP contribution is 2.06. The molecule has 1 heterocycles. The second-order valence-electron chi connectivity index (χ2n) is 1.69. The zero-order valence-corrected chi connectivity index (χ0v) is 6.39. The molecule has 0 fully saturated rings. The molecule has 0 aliphatic heterocycles. The molecule has 0 aliphatic carbocycles. The van der Waals surface area contributed by atoms with Gasteiger partial charge in [0.1, 0.15) is 6.33 Å². The molecular formula is C6H9N3O2. The monoisotopic (exact) mass is 155 g/mol. The maximum Gasteiger partial charge on any atom is 0.186 e. The van der Waals surface area contributed by atoms with Gasteiger partial charge in [-0.15, -0.1) is 5.23 Å². The lowest BCUT2D eigenvalue weighted by Crippen LogP contribution is -2.20. The first-order valence-corrected chi connectivity index (χ1v) is 3.03. The van der Waals surface area contributed by atoms with Crippen LogP contribution in [0.5, 0.6) is 0 Å². The molecule has 0 saturated heterocycles. The van der Waals surface area contributed by atoms with E-state index in [4.69, 9.17) is 9.68 Å². The van der Waals surface area contributed by atoms with Crippen LogP contribution >= 0.6 is 0 Å². The molecule has 0 unspecified atom stereocenters. The van der Waals surface area contributed by atoms with Crippen LogP contribution in [0.1, 0.15) is 0 Å². The van der Waals surface area contributed by atoms with E-state index >= 15 is 0 Å². The molecule has 5 nitrogen and oxygen atoms in total. The molecule has 0 radical (unpaired) electrons. The molecule has 0 spiro atoms. The van der Waals surface area contributed by atoms with Gasteiger partial charge >= 0.3 is 0 Å². The Morgan fingerprint density at radius 3 is 2.55 bits per heavy atom. The molecule has 1 rings (SSSR count). The summed E-state index contributed by atoms with van der Waals surface area (Å²) in [6.07, 6.45) is 3.02. The SMILES string of the molecule is CON(OC)c1ccncn1. The predicted octanol–water partition coefficient (Wildman–Crippen LogP) is 0.406. The first kappa shape index (κ1) is 7.90. The second-order valence-corrected chi connectivity index (χ2v) is 1.69. The summed E-state index contributed by atoms with van der Waals surface area (Å²) in [7, 11) is 2.98. The van der Waals surface area contributed by atoms with Crippen LogP contribution in [0.2, 0.25) is 0 Å². The molecule has 1 aromatic rings. The Morgan fingerprint density at radius 1 is 1.36 bits per heavy atom. The molecule has 0 N–H and O–H groups in total. The lowest BCUT2D eigenvalue weighted by atomic mass is 10.6. The van der Waals surface area contributed by atoms with Gasteiger partial charge in [0.05, 0.1) is 14.2 Å².